The topological polar surface area (TPSA) is 145 Å². The molecule has 10 nitrogen and oxygen atoms in total. The van der Waals surface area contributed by atoms with Crippen LogP contribution in [0.3, 0.4) is 0 Å². The average Bonchev–Trinajstić information content (AvgIpc) is 3.12. The summed E-state index contributed by atoms with van der Waals surface area (Å²) in [7, 11) is -1.97. The van der Waals surface area contributed by atoms with Crippen LogP contribution in [0.5, 0.6) is 6.01 Å². The van der Waals surface area contributed by atoms with E-state index in [1.54, 1.807) is 31.4 Å². The molecule has 0 aliphatic heterocycles. The Balaban J connectivity index is 1.59. The summed E-state index contributed by atoms with van der Waals surface area (Å²) in [6.07, 6.45) is 3.86. The maximum atomic E-state index is 13.1. The lowest BCUT2D eigenvalue weighted by Crippen LogP contribution is -2.25. The fourth-order valence-electron chi connectivity index (χ4n) is 4.27. The van der Waals surface area contributed by atoms with Crippen LogP contribution < -0.4 is 21.5 Å². The number of benzene rings is 1. The van der Waals surface area contributed by atoms with Crippen molar-refractivity contribution in [2.45, 2.75) is 26.3 Å². The molecule has 4 N–H and O–H groups in total. The summed E-state index contributed by atoms with van der Waals surface area (Å²) in [6, 6.07) is 8.81. The van der Waals surface area contributed by atoms with E-state index in [1.807, 2.05) is 12.1 Å². The van der Waals surface area contributed by atoms with Crippen molar-refractivity contribution < 1.29 is 18.9 Å². The summed E-state index contributed by atoms with van der Waals surface area (Å²) in [5.41, 5.74) is 7.36. The molecule has 2 aromatic heterocycles. The molecule has 3 unspecified atom stereocenters. The van der Waals surface area contributed by atoms with Gasteiger partial charge in [-0.3, -0.25) is 9.13 Å². The van der Waals surface area contributed by atoms with Gasteiger partial charge in [0.1, 0.15) is 12.1 Å². The fourth-order valence-corrected chi connectivity index (χ4v) is 6.00. The molecule has 3 aromatic rings. The van der Waals surface area contributed by atoms with Crippen molar-refractivity contribution in [1.29, 1.82) is 0 Å². The highest BCUT2D eigenvalue weighted by Crippen LogP contribution is 2.45. The molecule has 0 amide bonds. The van der Waals surface area contributed by atoms with E-state index in [2.05, 4.69) is 21.9 Å². The van der Waals surface area contributed by atoms with Crippen LogP contribution in [0.15, 0.2) is 46.8 Å². The van der Waals surface area contributed by atoms with Crippen molar-refractivity contribution in [2.24, 2.45) is 11.8 Å². The van der Waals surface area contributed by atoms with Gasteiger partial charge in [0.2, 0.25) is 7.37 Å². The third kappa shape index (κ3) is 5.24. The van der Waals surface area contributed by atoms with Crippen LogP contribution in [0.1, 0.15) is 19.8 Å². The molecule has 1 aliphatic carbocycles. The molecule has 1 aliphatic rings. The molecule has 0 saturated heterocycles. The van der Waals surface area contributed by atoms with Gasteiger partial charge in [0.25, 0.3) is 0 Å². The van der Waals surface area contributed by atoms with Crippen LogP contribution in [0.2, 0.25) is 0 Å². The van der Waals surface area contributed by atoms with Crippen molar-refractivity contribution in [3.8, 4) is 6.01 Å². The van der Waals surface area contributed by atoms with Gasteiger partial charge in [-0.2, -0.15) is 9.97 Å². The Labute approximate surface area is 197 Å². The highest BCUT2D eigenvalue weighted by Gasteiger charge is 2.29. The number of hydrogen-bond acceptors (Lipinski definition) is 7. The van der Waals surface area contributed by atoms with Gasteiger partial charge in [-0.05, 0) is 36.8 Å². The lowest BCUT2D eigenvalue weighted by molar-refractivity contribution is 0.141. The molecule has 11 heteroatoms. The molecule has 1 aromatic carbocycles. The number of fused-ring (bicyclic) bond motifs is 1. The molecule has 0 bridgehead atoms. The van der Waals surface area contributed by atoms with Gasteiger partial charge >= 0.3 is 11.7 Å². The number of nitrogens with one attached hydrogen (secondary N) is 1. The van der Waals surface area contributed by atoms with E-state index in [1.165, 1.54) is 4.57 Å². The average molecular weight is 487 g/mol. The summed E-state index contributed by atoms with van der Waals surface area (Å²) in [5.74, 6) is 0.331. The van der Waals surface area contributed by atoms with Crippen LogP contribution in [0, 0.1) is 11.8 Å². The van der Waals surface area contributed by atoms with E-state index in [-0.39, 0.29) is 42.1 Å². The molecular weight excluding hydrogens is 457 g/mol. The number of rotatable bonds is 9. The molecule has 4 rings (SSSR count). The lowest BCUT2D eigenvalue weighted by Gasteiger charge is -2.28. The van der Waals surface area contributed by atoms with Gasteiger partial charge in [0.05, 0.1) is 6.61 Å². The summed E-state index contributed by atoms with van der Waals surface area (Å²) in [6.45, 7) is 3.06. The first kappa shape index (κ1) is 24.2. The molecule has 0 fully saturated rings. The number of hydrogen-bond donors (Lipinski definition) is 3. The first-order valence-corrected chi connectivity index (χ1v) is 13.1. The molecular formula is C23H30N5O5P. The predicted molar refractivity (Wildman–Crippen MR) is 131 cm³/mol. The number of nitrogen functional groups attached to an aromatic ring is 1. The second kappa shape index (κ2) is 10.1. The van der Waals surface area contributed by atoms with Gasteiger partial charge in [-0.1, -0.05) is 36.8 Å². The predicted octanol–water partition coefficient (Wildman–Crippen LogP) is 2.30. The zero-order valence-corrected chi connectivity index (χ0v) is 20.2. The molecule has 182 valence electrons. The Morgan fingerprint density at radius 1 is 1.24 bits per heavy atom. The maximum Gasteiger partial charge on any atom is 0.327 e. The van der Waals surface area contributed by atoms with Gasteiger partial charge in [-0.25, -0.2) is 4.79 Å². The van der Waals surface area contributed by atoms with Crippen molar-refractivity contribution in [2.75, 3.05) is 32.2 Å². The Morgan fingerprint density at radius 2 is 2.00 bits per heavy atom. The van der Waals surface area contributed by atoms with Gasteiger partial charge < -0.3 is 25.1 Å². The van der Waals surface area contributed by atoms with Crippen LogP contribution >= 0.6 is 7.37 Å². The fraction of sp³-hybridized carbons (Fsp3) is 0.435. The van der Waals surface area contributed by atoms with Gasteiger partial charge in [0.15, 0.2) is 11.5 Å². The summed E-state index contributed by atoms with van der Waals surface area (Å²) < 4.78 is 25.1. The number of aromatic nitrogens is 4. The van der Waals surface area contributed by atoms with E-state index in [9.17, 15) is 14.3 Å². The Kier molecular flexibility index (Phi) is 7.21. The largest absolute Gasteiger partial charge is 0.461 e. The number of nitrogens with zero attached hydrogens (tertiary/aromatic N) is 3. The zero-order valence-electron chi connectivity index (χ0n) is 19.3. The van der Waals surface area contributed by atoms with Crippen molar-refractivity contribution in [3.63, 3.8) is 0 Å². The van der Waals surface area contributed by atoms with Crippen LogP contribution in [-0.2, 0) is 15.8 Å². The third-order valence-electron chi connectivity index (χ3n) is 6.18. The minimum atomic E-state index is -3.53. The smallest absolute Gasteiger partial charge is 0.327 e. The molecule has 0 radical (unpaired) electrons. The number of methoxy groups -OCH3 is 1. The second-order valence-electron chi connectivity index (χ2n) is 8.65. The minimum Gasteiger partial charge on any atom is -0.461 e. The Bertz CT molecular complexity index is 1290. The number of nitrogens with two attached hydrogens (primary N) is 1. The van der Waals surface area contributed by atoms with E-state index in [0.29, 0.717) is 29.6 Å². The van der Waals surface area contributed by atoms with E-state index in [0.717, 1.165) is 18.4 Å². The summed E-state index contributed by atoms with van der Waals surface area (Å²) in [4.78, 5) is 34.7. The number of H-pyrrole nitrogens is 1. The maximum absolute atomic E-state index is 13.1. The lowest BCUT2D eigenvalue weighted by atomic mass is 9.84. The molecule has 34 heavy (non-hydrogen) atoms. The number of anilines is 1. The number of ether oxygens (including phenoxy) is 2. The number of aromatic amines is 1. The number of allylic oxidation sites excluding steroid dienone is 2. The minimum absolute atomic E-state index is 0.00715. The molecule has 3 atom stereocenters. The molecule has 0 spiro atoms. The monoisotopic (exact) mass is 487 g/mol. The normalized spacial score (nSPS) is 20.1. The highest BCUT2D eigenvalue weighted by atomic mass is 31.2. The van der Waals surface area contributed by atoms with E-state index in [4.69, 9.17) is 15.2 Å². The summed E-state index contributed by atoms with van der Waals surface area (Å²) >= 11 is 0. The summed E-state index contributed by atoms with van der Waals surface area (Å²) in [5, 5.41) is 0.450. The first-order valence-electron chi connectivity index (χ1n) is 11.2. The SMILES string of the molecule is COCCOc1nc(N)c2[nH]c(=O)n(CC3C=C(CP(=O)(O)c4ccccc4)C(C)CC3)c2n1. The second-order valence-corrected chi connectivity index (χ2v) is 10.9. The third-order valence-corrected chi connectivity index (χ3v) is 8.07. The van der Waals surface area contributed by atoms with Crippen molar-refractivity contribution in [1.82, 2.24) is 19.5 Å². The van der Waals surface area contributed by atoms with Gasteiger partial charge in [0, 0.05) is 25.1 Å². The van der Waals surface area contributed by atoms with Crippen LogP contribution in [0.4, 0.5) is 5.82 Å². The Morgan fingerprint density at radius 3 is 2.74 bits per heavy atom. The quantitative estimate of drug-likeness (QED) is 0.237. The van der Waals surface area contributed by atoms with E-state index >= 15 is 0 Å². The van der Waals surface area contributed by atoms with Gasteiger partial charge in [-0.15, -0.1) is 0 Å². The Hall–Kier alpha value is -2.94. The number of imidazole rings is 1. The van der Waals surface area contributed by atoms with Crippen LogP contribution in [0.25, 0.3) is 11.2 Å². The van der Waals surface area contributed by atoms with Crippen molar-refractivity contribution in [3.05, 3.63) is 52.5 Å². The van der Waals surface area contributed by atoms with Crippen molar-refractivity contribution >= 4 is 29.7 Å². The highest BCUT2D eigenvalue weighted by molar-refractivity contribution is 7.66. The first-order chi connectivity index (χ1) is 16.3. The van der Waals surface area contributed by atoms with E-state index < -0.39 is 7.37 Å². The zero-order chi connectivity index (χ0) is 24.3. The van der Waals surface area contributed by atoms with Crippen LogP contribution in [-0.4, -0.2) is 50.9 Å². The molecule has 2 heterocycles. The standard InChI is InChI=1S/C23H30N5O5P/c1-15-8-9-16(12-17(15)14-34(30,31)18-6-4-3-5-7-18)13-28-21-19(25-23(28)29)20(24)26-22(27-21)33-11-10-32-2/h3-7,12,15-16H,8-11,13-14H2,1-2H3,(H,25,29)(H,30,31)(H2,24,26,27). The molecule has 0 saturated carbocycles.